The maximum Gasteiger partial charge on any atom is 0.248 e. The Balaban J connectivity index is 2.26. The third kappa shape index (κ3) is 0.777. The Morgan fingerprint density at radius 1 is 1.50 bits per heavy atom. The van der Waals surface area contributed by atoms with Gasteiger partial charge in [-0.1, -0.05) is 0 Å². The second-order valence-corrected chi connectivity index (χ2v) is 3.66. The minimum absolute atomic E-state index is 0.0328. The molecule has 2 amide bonds. The number of carbonyl (C=O) groups excluding carboxylic acids is 2. The summed E-state index contributed by atoms with van der Waals surface area (Å²) in [6.07, 6.45) is 1.60. The average Bonchev–Trinajstić information content (AvgIpc) is 2.79. The molecular formula is C8H12N2O2. The first-order valence-corrected chi connectivity index (χ1v) is 4.16. The molecule has 1 aliphatic carbocycles. The molecule has 1 atom stereocenters. The van der Waals surface area contributed by atoms with Gasteiger partial charge in [-0.05, 0) is 19.8 Å². The molecule has 2 fully saturated rings. The molecule has 2 rings (SSSR count). The molecule has 4 heteroatoms. The van der Waals surface area contributed by atoms with Crippen LogP contribution in [0.15, 0.2) is 0 Å². The summed E-state index contributed by atoms with van der Waals surface area (Å²) in [7, 11) is 1.69. The summed E-state index contributed by atoms with van der Waals surface area (Å²) in [5.74, 6) is 0.0317. The highest BCUT2D eigenvalue weighted by Crippen LogP contribution is 2.39. The third-order valence-corrected chi connectivity index (χ3v) is 2.80. The van der Waals surface area contributed by atoms with Crippen LogP contribution in [0.2, 0.25) is 0 Å². The van der Waals surface area contributed by atoms with Gasteiger partial charge in [0.05, 0.1) is 0 Å². The van der Waals surface area contributed by atoms with Crippen LogP contribution in [0.5, 0.6) is 0 Å². The van der Waals surface area contributed by atoms with Crippen LogP contribution >= 0.6 is 0 Å². The van der Waals surface area contributed by atoms with E-state index >= 15 is 0 Å². The molecule has 0 aromatic heterocycles. The van der Waals surface area contributed by atoms with Crippen LogP contribution in [-0.4, -0.2) is 35.3 Å². The number of nitrogens with one attached hydrogen (secondary N) is 1. The Morgan fingerprint density at radius 3 is 2.58 bits per heavy atom. The smallest absolute Gasteiger partial charge is 0.248 e. The molecule has 0 radical (unpaired) electrons. The molecule has 66 valence electrons. The maximum absolute atomic E-state index is 11.6. The predicted octanol–water partition coefficient (Wildman–Crippen LogP) is -0.504. The van der Waals surface area contributed by atoms with Crippen molar-refractivity contribution in [1.29, 1.82) is 0 Å². The van der Waals surface area contributed by atoms with Gasteiger partial charge in [0.1, 0.15) is 11.6 Å². The van der Waals surface area contributed by atoms with E-state index in [0.29, 0.717) is 0 Å². The van der Waals surface area contributed by atoms with Gasteiger partial charge in [0.25, 0.3) is 0 Å². The molecule has 0 bridgehead atoms. The fourth-order valence-electron chi connectivity index (χ4n) is 1.55. The first kappa shape index (κ1) is 7.58. The standard InChI is InChI=1S/C8H12N2O2/c1-5-6(11)9-8(3-4-8)7(12)10(5)2/h5H,3-4H2,1-2H3,(H,9,11)/t5-/m0/s1. The largest absolute Gasteiger partial charge is 0.340 e. The molecule has 1 N–H and O–H groups in total. The number of hydrogen-bond acceptors (Lipinski definition) is 2. The molecule has 4 nitrogen and oxygen atoms in total. The van der Waals surface area contributed by atoms with Crippen molar-refractivity contribution in [2.24, 2.45) is 0 Å². The summed E-state index contributed by atoms with van der Waals surface area (Å²) in [6, 6.07) is -0.316. The zero-order chi connectivity index (χ0) is 8.93. The highest BCUT2D eigenvalue weighted by atomic mass is 16.2. The van der Waals surface area contributed by atoms with Crippen LogP contribution in [0.3, 0.4) is 0 Å². The topological polar surface area (TPSA) is 49.4 Å². The van der Waals surface area contributed by atoms with Crippen molar-refractivity contribution in [1.82, 2.24) is 10.2 Å². The average molecular weight is 168 g/mol. The lowest BCUT2D eigenvalue weighted by molar-refractivity contribution is -0.148. The van der Waals surface area contributed by atoms with E-state index in [0.717, 1.165) is 12.8 Å². The van der Waals surface area contributed by atoms with Gasteiger partial charge in [-0.25, -0.2) is 0 Å². The van der Waals surface area contributed by atoms with Crippen LogP contribution in [0.4, 0.5) is 0 Å². The molecule has 2 aliphatic rings. The molecule has 1 saturated carbocycles. The van der Waals surface area contributed by atoms with E-state index < -0.39 is 5.54 Å². The Kier molecular flexibility index (Phi) is 1.26. The second-order valence-electron chi connectivity index (χ2n) is 3.66. The third-order valence-electron chi connectivity index (χ3n) is 2.80. The van der Waals surface area contributed by atoms with Gasteiger partial charge >= 0.3 is 0 Å². The highest BCUT2D eigenvalue weighted by Gasteiger charge is 2.56. The van der Waals surface area contributed by atoms with Crippen molar-refractivity contribution < 1.29 is 9.59 Å². The fraction of sp³-hybridized carbons (Fsp3) is 0.750. The van der Waals surface area contributed by atoms with Crippen molar-refractivity contribution in [2.45, 2.75) is 31.3 Å². The first-order chi connectivity index (χ1) is 5.57. The number of likely N-dealkylation sites (N-methyl/N-ethyl adjacent to an activating group) is 1. The minimum atomic E-state index is -0.502. The van der Waals surface area contributed by atoms with Crippen LogP contribution < -0.4 is 5.32 Å². The van der Waals surface area contributed by atoms with Crippen molar-refractivity contribution >= 4 is 11.8 Å². The van der Waals surface area contributed by atoms with E-state index in [1.807, 2.05) is 0 Å². The van der Waals surface area contributed by atoms with Crippen molar-refractivity contribution in [3.8, 4) is 0 Å². The summed E-state index contributed by atoms with van der Waals surface area (Å²) in [6.45, 7) is 1.74. The highest BCUT2D eigenvalue weighted by molar-refractivity contribution is 6.01. The molecule has 1 saturated heterocycles. The van der Waals surface area contributed by atoms with Crippen molar-refractivity contribution in [2.75, 3.05) is 7.05 Å². The monoisotopic (exact) mass is 168 g/mol. The lowest BCUT2D eigenvalue weighted by Gasteiger charge is -2.34. The summed E-state index contributed by atoms with van der Waals surface area (Å²) >= 11 is 0. The Labute approximate surface area is 70.9 Å². The molecule has 1 heterocycles. The normalized spacial score (nSPS) is 32.2. The summed E-state index contributed by atoms with van der Waals surface area (Å²) < 4.78 is 0. The zero-order valence-electron chi connectivity index (χ0n) is 7.26. The number of carbonyl (C=O) groups is 2. The lowest BCUT2D eigenvalue weighted by Crippen LogP contribution is -2.62. The SMILES string of the molecule is C[C@H]1C(=O)NC2(CC2)C(=O)N1C. The Hall–Kier alpha value is -1.06. The minimum Gasteiger partial charge on any atom is -0.340 e. The predicted molar refractivity (Wildman–Crippen MR) is 42.3 cm³/mol. The summed E-state index contributed by atoms with van der Waals surface area (Å²) in [4.78, 5) is 24.4. The van der Waals surface area contributed by atoms with Crippen LogP contribution in [0, 0.1) is 0 Å². The van der Waals surface area contributed by atoms with Crippen LogP contribution in [0.25, 0.3) is 0 Å². The lowest BCUT2D eigenvalue weighted by atomic mass is 10.1. The van der Waals surface area contributed by atoms with Gasteiger partial charge in [-0.3, -0.25) is 9.59 Å². The van der Waals surface area contributed by atoms with Gasteiger partial charge in [0.15, 0.2) is 0 Å². The number of piperazine rings is 1. The maximum atomic E-state index is 11.6. The molecule has 0 unspecified atom stereocenters. The Morgan fingerprint density at radius 2 is 2.08 bits per heavy atom. The van der Waals surface area contributed by atoms with Gasteiger partial charge in [0, 0.05) is 7.05 Å². The number of rotatable bonds is 0. The molecule has 0 aromatic carbocycles. The van der Waals surface area contributed by atoms with Gasteiger partial charge in [0.2, 0.25) is 11.8 Å². The van der Waals surface area contributed by atoms with Crippen LogP contribution in [-0.2, 0) is 9.59 Å². The summed E-state index contributed by atoms with van der Waals surface area (Å²) in [5, 5.41) is 2.77. The van der Waals surface area contributed by atoms with E-state index in [1.54, 1.807) is 14.0 Å². The molecular weight excluding hydrogens is 156 g/mol. The molecule has 0 aromatic rings. The van der Waals surface area contributed by atoms with Crippen LogP contribution in [0.1, 0.15) is 19.8 Å². The molecule has 1 spiro atoms. The van der Waals surface area contributed by atoms with Gasteiger partial charge in [-0.2, -0.15) is 0 Å². The summed E-state index contributed by atoms with van der Waals surface area (Å²) in [5.41, 5.74) is -0.502. The van der Waals surface area contributed by atoms with E-state index in [1.165, 1.54) is 4.90 Å². The Bertz CT molecular complexity index is 258. The number of hydrogen-bond donors (Lipinski definition) is 1. The van der Waals surface area contributed by atoms with Crippen molar-refractivity contribution in [3.05, 3.63) is 0 Å². The van der Waals surface area contributed by atoms with Gasteiger partial charge in [-0.15, -0.1) is 0 Å². The van der Waals surface area contributed by atoms with E-state index in [2.05, 4.69) is 5.32 Å². The fourth-order valence-corrected chi connectivity index (χ4v) is 1.55. The quantitative estimate of drug-likeness (QED) is 0.530. The second kappa shape index (κ2) is 2.00. The zero-order valence-corrected chi connectivity index (χ0v) is 7.26. The first-order valence-electron chi connectivity index (χ1n) is 4.16. The van der Waals surface area contributed by atoms with Crippen molar-refractivity contribution in [3.63, 3.8) is 0 Å². The van der Waals surface area contributed by atoms with E-state index in [4.69, 9.17) is 0 Å². The van der Waals surface area contributed by atoms with Gasteiger partial charge < -0.3 is 10.2 Å². The van der Waals surface area contributed by atoms with E-state index in [9.17, 15) is 9.59 Å². The number of nitrogens with zero attached hydrogens (tertiary/aromatic N) is 1. The number of amides is 2. The molecule has 12 heavy (non-hydrogen) atoms. The molecule has 1 aliphatic heterocycles. The van der Waals surface area contributed by atoms with E-state index in [-0.39, 0.29) is 17.9 Å².